The van der Waals surface area contributed by atoms with Crippen LogP contribution in [-0.2, 0) is 10.3 Å². The molecule has 1 aromatic heterocycles. The fourth-order valence-electron chi connectivity index (χ4n) is 1.90. The number of carbonyl (C=O) groups is 1. The van der Waals surface area contributed by atoms with E-state index in [1.807, 2.05) is 51.1 Å². The molecule has 0 fully saturated rings. The smallest absolute Gasteiger partial charge is 0.240 e. The molecular formula is C15H21N5OS. The molecule has 0 aliphatic carbocycles. The number of amides is 1. The van der Waals surface area contributed by atoms with E-state index in [4.69, 9.17) is 0 Å². The summed E-state index contributed by atoms with van der Waals surface area (Å²) in [5, 5.41) is 12.2. The average molecular weight is 319 g/mol. The molecule has 2 rings (SSSR count). The standard InChI is InChI=1S/C15H21N5OS/c1-15(2,3)20-14(16-17-18-20)22-12(13(21)19(4)5)11-9-7-6-8-10-11/h6-10,12H,1-5H3. The zero-order chi connectivity index (χ0) is 16.3. The SMILES string of the molecule is CN(C)C(=O)C(Sc1nnnn1C(C)(C)C)c1ccccc1. The molecule has 0 radical (unpaired) electrons. The molecule has 2 aromatic rings. The first-order chi connectivity index (χ1) is 10.3. The first kappa shape index (κ1) is 16.5. The second kappa shape index (κ2) is 6.48. The number of tetrazole rings is 1. The van der Waals surface area contributed by atoms with Crippen molar-refractivity contribution in [1.29, 1.82) is 0 Å². The summed E-state index contributed by atoms with van der Waals surface area (Å²) in [6.45, 7) is 6.08. The third kappa shape index (κ3) is 3.65. The van der Waals surface area contributed by atoms with Crippen LogP contribution in [0.5, 0.6) is 0 Å². The Kier molecular flexibility index (Phi) is 4.85. The van der Waals surface area contributed by atoms with Crippen molar-refractivity contribution < 1.29 is 4.79 Å². The fraction of sp³-hybridized carbons (Fsp3) is 0.467. The molecule has 6 nitrogen and oxygen atoms in total. The van der Waals surface area contributed by atoms with Gasteiger partial charge in [0.15, 0.2) is 0 Å². The largest absolute Gasteiger partial charge is 0.348 e. The Morgan fingerprint density at radius 1 is 1.23 bits per heavy atom. The quantitative estimate of drug-likeness (QED) is 0.810. The summed E-state index contributed by atoms with van der Waals surface area (Å²) in [6.07, 6.45) is 0. The van der Waals surface area contributed by atoms with Crippen LogP contribution in [0.25, 0.3) is 0 Å². The number of nitrogens with zero attached hydrogens (tertiary/aromatic N) is 5. The molecule has 1 heterocycles. The van der Waals surface area contributed by atoms with Crippen LogP contribution in [0.4, 0.5) is 0 Å². The number of carbonyl (C=O) groups excluding carboxylic acids is 1. The zero-order valence-electron chi connectivity index (χ0n) is 13.5. The van der Waals surface area contributed by atoms with Crippen molar-refractivity contribution in [2.24, 2.45) is 0 Å². The second-order valence-electron chi connectivity index (χ2n) is 6.19. The fourth-order valence-corrected chi connectivity index (χ4v) is 3.21. The monoisotopic (exact) mass is 319 g/mol. The van der Waals surface area contributed by atoms with E-state index in [1.165, 1.54) is 11.8 Å². The third-order valence-corrected chi connectivity index (χ3v) is 4.24. The van der Waals surface area contributed by atoms with Crippen molar-refractivity contribution in [2.75, 3.05) is 14.1 Å². The number of thioether (sulfide) groups is 1. The van der Waals surface area contributed by atoms with Gasteiger partial charge in [0.2, 0.25) is 11.1 Å². The van der Waals surface area contributed by atoms with Gasteiger partial charge in [-0.2, -0.15) is 0 Å². The predicted octanol–water partition coefficient (Wildman–Crippen LogP) is 2.35. The van der Waals surface area contributed by atoms with Crippen LogP contribution < -0.4 is 0 Å². The Balaban J connectivity index is 2.36. The van der Waals surface area contributed by atoms with Gasteiger partial charge in [-0.05, 0) is 36.8 Å². The maximum absolute atomic E-state index is 12.6. The van der Waals surface area contributed by atoms with Gasteiger partial charge in [-0.1, -0.05) is 42.1 Å². The van der Waals surface area contributed by atoms with Gasteiger partial charge in [-0.3, -0.25) is 4.79 Å². The highest BCUT2D eigenvalue weighted by Crippen LogP contribution is 2.36. The zero-order valence-corrected chi connectivity index (χ0v) is 14.3. The highest BCUT2D eigenvalue weighted by molar-refractivity contribution is 8.00. The summed E-state index contributed by atoms with van der Waals surface area (Å²) in [5.41, 5.74) is 0.698. The van der Waals surface area contributed by atoms with Gasteiger partial charge in [-0.25, -0.2) is 4.68 Å². The summed E-state index contributed by atoms with van der Waals surface area (Å²) in [4.78, 5) is 14.2. The lowest BCUT2D eigenvalue weighted by Crippen LogP contribution is -2.28. The summed E-state index contributed by atoms with van der Waals surface area (Å²) in [7, 11) is 3.51. The van der Waals surface area contributed by atoms with Gasteiger partial charge < -0.3 is 4.90 Å². The summed E-state index contributed by atoms with van der Waals surface area (Å²) in [5.74, 6) is 0.0136. The Hall–Kier alpha value is -1.89. The number of aromatic nitrogens is 4. The average Bonchev–Trinajstić information content (AvgIpc) is 2.93. The summed E-state index contributed by atoms with van der Waals surface area (Å²) < 4.78 is 1.75. The van der Waals surface area contributed by atoms with Crippen molar-refractivity contribution in [1.82, 2.24) is 25.1 Å². The highest BCUT2D eigenvalue weighted by atomic mass is 32.2. The normalized spacial score (nSPS) is 13.0. The molecule has 118 valence electrons. The molecule has 0 spiro atoms. The molecule has 1 atom stereocenters. The van der Waals surface area contributed by atoms with Gasteiger partial charge in [0.1, 0.15) is 5.25 Å². The molecular weight excluding hydrogens is 298 g/mol. The minimum atomic E-state index is -0.372. The number of hydrogen-bond acceptors (Lipinski definition) is 5. The molecule has 1 amide bonds. The second-order valence-corrected chi connectivity index (χ2v) is 7.26. The number of likely N-dealkylation sites (N-methyl/N-ethyl adjacent to an activating group) is 1. The van der Waals surface area contributed by atoms with E-state index >= 15 is 0 Å². The van der Waals surface area contributed by atoms with Crippen molar-refractivity contribution in [3.8, 4) is 0 Å². The number of benzene rings is 1. The van der Waals surface area contributed by atoms with Gasteiger partial charge >= 0.3 is 0 Å². The Morgan fingerprint density at radius 2 is 1.86 bits per heavy atom. The molecule has 0 aliphatic heterocycles. The van der Waals surface area contributed by atoms with E-state index in [-0.39, 0.29) is 16.7 Å². The predicted molar refractivity (Wildman–Crippen MR) is 86.5 cm³/mol. The molecule has 22 heavy (non-hydrogen) atoms. The van der Waals surface area contributed by atoms with Crippen LogP contribution in [-0.4, -0.2) is 45.1 Å². The molecule has 1 aromatic carbocycles. The molecule has 0 saturated heterocycles. The maximum atomic E-state index is 12.6. The van der Waals surface area contributed by atoms with Crippen molar-refractivity contribution >= 4 is 17.7 Å². The van der Waals surface area contributed by atoms with E-state index in [1.54, 1.807) is 23.7 Å². The van der Waals surface area contributed by atoms with E-state index in [9.17, 15) is 4.79 Å². The molecule has 0 aliphatic rings. The lowest BCUT2D eigenvalue weighted by Gasteiger charge is -2.23. The minimum Gasteiger partial charge on any atom is -0.348 e. The topological polar surface area (TPSA) is 63.9 Å². The van der Waals surface area contributed by atoms with Crippen LogP contribution >= 0.6 is 11.8 Å². The highest BCUT2D eigenvalue weighted by Gasteiger charge is 2.28. The Bertz CT molecular complexity index is 633. The first-order valence-electron chi connectivity index (χ1n) is 7.02. The van der Waals surface area contributed by atoms with Crippen LogP contribution in [0, 0.1) is 0 Å². The van der Waals surface area contributed by atoms with Gasteiger partial charge in [0.25, 0.3) is 0 Å². The van der Waals surface area contributed by atoms with Crippen LogP contribution in [0.15, 0.2) is 35.5 Å². The molecule has 0 N–H and O–H groups in total. The van der Waals surface area contributed by atoms with E-state index < -0.39 is 0 Å². The summed E-state index contributed by atoms with van der Waals surface area (Å²) >= 11 is 1.37. The Labute approximate surface area is 134 Å². The molecule has 7 heteroatoms. The van der Waals surface area contributed by atoms with Crippen LogP contribution in [0.3, 0.4) is 0 Å². The van der Waals surface area contributed by atoms with Crippen molar-refractivity contribution in [3.63, 3.8) is 0 Å². The lowest BCUT2D eigenvalue weighted by molar-refractivity contribution is -0.128. The lowest BCUT2D eigenvalue weighted by atomic mass is 10.1. The van der Waals surface area contributed by atoms with Crippen molar-refractivity contribution in [2.45, 2.75) is 36.7 Å². The van der Waals surface area contributed by atoms with E-state index in [0.717, 1.165) is 5.56 Å². The minimum absolute atomic E-state index is 0.0136. The van der Waals surface area contributed by atoms with Gasteiger partial charge in [0.05, 0.1) is 5.54 Å². The van der Waals surface area contributed by atoms with Gasteiger partial charge in [-0.15, -0.1) is 5.10 Å². The molecule has 1 unspecified atom stereocenters. The number of hydrogen-bond donors (Lipinski definition) is 0. The van der Waals surface area contributed by atoms with E-state index in [2.05, 4.69) is 15.5 Å². The van der Waals surface area contributed by atoms with E-state index in [0.29, 0.717) is 5.16 Å². The molecule has 0 bridgehead atoms. The third-order valence-electron chi connectivity index (χ3n) is 3.07. The van der Waals surface area contributed by atoms with Crippen LogP contribution in [0.2, 0.25) is 0 Å². The maximum Gasteiger partial charge on any atom is 0.240 e. The first-order valence-corrected chi connectivity index (χ1v) is 7.90. The molecule has 0 saturated carbocycles. The number of rotatable bonds is 4. The van der Waals surface area contributed by atoms with Crippen molar-refractivity contribution in [3.05, 3.63) is 35.9 Å². The van der Waals surface area contributed by atoms with Gasteiger partial charge in [0, 0.05) is 14.1 Å². The van der Waals surface area contributed by atoms with Crippen LogP contribution in [0.1, 0.15) is 31.6 Å². The summed E-state index contributed by atoms with van der Waals surface area (Å²) in [6, 6.07) is 9.69. The Morgan fingerprint density at radius 3 is 2.41 bits per heavy atom.